The van der Waals surface area contributed by atoms with Gasteiger partial charge in [0.1, 0.15) is 5.70 Å². The van der Waals surface area contributed by atoms with Crippen LogP contribution in [0, 0.1) is 30.9 Å². The summed E-state index contributed by atoms with van der Waals surface area (Å²) in [5.74, 6) is -0.956. The highest BCUT2D eigenvalue weighted by atomic mass is 16.6. The molecule has 1 aliphatic rings. The predicted octanol–water partition coefficient (Wildman–Crippen LogP) is 4.92. The summed E-state index contributed by atoms with van der Waals surface area (Å²) in [6.07, 6.45) is 0. The van der Waals surface area contributed by atoms with Crippen molar-refractivity contribution in [3.63, 3.8) is 0 Å². The summed E-state index contributed by atoms with van der Waals surface area (Å²) < 4.78 is 0. The van der Waals surface area contributed by atoms with Gasteiger partial charge in [0.05, 0.1) is 16.2 Å². The van der Waals surface area contributed by atoms with E-state index in [2.05, 4.69) is 5.32 Å². The molecule has 7 nitrogen and oxygen atoms in total. The molecule has 0 saturated heterocycles. The van der Waals surface area contributed by atoms with E-state index in [1.807, 2.05) is 57.2 Å². The molecule has 0 bridgehead atoms. The van der Waals surface area contributed by atoms with E-state index in [1.54, 1.807) is 6.07 Å². The van der Waals surface area contributed by atoms with Gasteiger partial charge < -0.3 is 5.32 Å². The van der Waals surface area contributed by atoms with E-state index in [-0.39, 0.29) is 17.0 Å². The van der Waals surface area contributed by atoms with Gasteiger partial charge in [0.25, 0.3) is 17.5 Å². The second-order valence-electron chi connectivity index (χ2n) is 7.78. The lowest BCUT2D eigenvalue weighted by Crippen LogP contribution is -2.33. The number of nitro benzene ring substituents is 1. The SMILES string of the molecule is Cc1cccc(NC2=C(c3ccc([N+](=O)[O-])cc3)C(=O)N(c3ccc(C)cc3C)C2=O)c1. The number of nitro groups is 1. The van der Waals surface area contributed by atoms with Crippen LogP contribution >= 0.6 is 0 Å². The molecule has 4 rings (SSSR count). The Hall–Kier alpha value is -4.26. The summed E-state index contributed by atoms with van der Waals surface area (Å²) in [7, 11) is 0. The number of carbonyl (C=O) groups is 2. The molecule has 0 atom stereocenters. The Labute approximate surface area is 185 Å². The number of nitrogens with one attached hydrogen (secondary N) is 1. The van der Waals surface area contributed by atoms with Crippen LogP contribution in [0.2, 0.25) is 0 Å². The van der Waals surface area contributed by atoms with Crippen LogP contribution in [0.1, 0.15) is 22.3 Å². The van der Waals surface area contributed by atoms with Crippen LogP contribution < -0.4 is 10.2 Å². The summed E-state index contributed by atoms with van der Waals surface area (Å²) in [5.41, 5.74) is 4.63. The van der Waals surface area contributed by atoms with Gasteiger partial charge in [-0.15, -0.1) is 0 Å². The molecule has 1 heterocycles. The Morgan fingerprint density at radius 1 is 0.844 bits per heavy atom. The number of hydrogen-bond donors (Lipinski definition) is 1. The van der Waals surface area contributed by atoms with Crippen LogP contribution in [0.3, 0.4) is 0 Å². The molecule has 7 heteroatoms. The van der Waals surface area contributed by atoms with E-state index in [4.69, 9.17) is 0 Å². The van der Waals surface area contributed by atoms with Crippen molar-refractivity contribution < 1.29 is 14.5 Å². The first-order valence-electron chi connectivity index (χ1n) is 10.0. The maximum Gasteiger partial charge on any atom is 0.282 e. The number of aryl methyl sites for hydroxylation is 3. The zero-order valence-corrected chi connectivity index (χ0v) is 17.9. The van der Waals surface area contributed by atoms with Gasteiger partial charge in [0, 0.05) is 17.8 Å². The van der Waals surface area contributed by atoms with Crippen molar-refractivity contribution >= 4 is 34.4 Å². The minimum atomic E-state index is -0.506. The van der Waals surface area contributed by atoms with Crippen LogP contribution in [0.25, 0.3) is 5.57 Å². The second-order valence-corrected chi connectivity index (χ2v) is 7.78. The Morgan fingerprint density at radius 2 is 1.53 bits per heavy atom. The molecule has 0 aromatic heterocycles. The number of imide groups is 1. The Morgan fingerprint density at radius 3 is 2.16 bits per heavy atom. The Balaban J connectivity index is 1.84. The zero-order valence-electron chi connectivity index (χ0n) is 17.9. The molecule has 0 aliphatic carbocycles. The minimum Gasteiger partial charge on any atom is -0.350 e. The van der Waals surface area contributed by atoms with Crippen LogP contribution in [0.5, 0.6) is 0 Å². The summed E-state index contributed by atoms with van der Waals surface area (Å²) in [6.45, 7) is 5.72. The molecule has 32 heavy (non-hydrogen) atoms. The van der Waals surface area contributed by atoms with Crippen LogP contribution in [-0.4, -0.2) is 16.7 Å². The third kappa shape index (κ3) is 3.76. The number of carbonyl (C=O) groups excluding carboxylic acids is 2. The number of nitrogens with zero attached hydrogens (tertiary/aromatic N) is 2. The van der Waals surface area contributed by atoms with Gasteiger partial charge in [-0.25, -0.2) is 4.90 Å². The molecule has 3 aromatic carbocycles. The van der Waals surface area contributed by atoms with Crippen molar-refractivity contribution in [3.8, 4) is 0 Å². The third-order valence-corrected chi connectivity index (χ3v) is 5.33. The van der Waals surface area contributed by atoms with Gasteiger partial charge in [-0.1, -0.05) is 29.8 Å². The van der Waals surface area contributed by atoms with E-state index in [0.29, 0.717) is 16.9 Å². The first kappa shape index (κ1) is 21.0. The first-order valence-corrected chi connectivity index (χ1v) is 10.0. The van der Waals surface area contributed by atoms with Gasteiger partial charge in [0.2, 0.25) is 0 Å². The molecular weight excluding hydrogens is 406 g/mol. The van der Waals surface area contributed by atoms with Crippen molar-refractivity contribution in [1.82, 2.24) is 0 Å². The van der Waals surface area contributed by atoms with Crippen molar-refractivity contribution in [1.29, 1.82) is 0 Å². The molecule has 1 N–H and O–H groups in total. The van der Waals surface area contributed by atoms with Gasteiger partial charge in [-0.2, -0.15) is 0 Å². The molecule has 2 amide bonds. The van der Waals surface area contributed by atoms with Crippen molar-refractivity contribution in [3.05, 3.63) is 105 Å². The van der Waals surface area contributed by atoms with E-state index in [0.717, 1.165) is 21.6 Å². The summed E-state index contributed by atoms with van der Waals surface area (Å²) in [5, 5.41) is 14.2. The van der Waals surface area contributed by atoms with Crippen molar-refractivity contribution in [2.75, 3.05) is 10.2 Å². The second kappa shape index (κ2) is 8.11. The zero-order chi connectivity index (χ0) is 23.0. The highest BCUT2D eigenvalue weighted by Gasteiger charge is 2.41. The monoisotopic (exact) mass is 427 g/mol. The molecule has 1 aliphatic heterocycles. The minimum absolute atomic E-state index is 0.0921. The predicted molar refractivity (Wildman–Crippen MR) is 123 cm³/mol. The third-order valence-electron chi connectivity index (χ3n) is 5.33. The standard InChI is InChI=1S/C25H21N3O4/c1-15-5-4-6-19(14-15)26-23-22(18-8-10-20(11-9-18)28(31)32)24(29)27(25(23)30)21-12-7-16(2)13-17(21)3/h4-14,26H,1-3H3. The number of benzene rings is 3. The normalized spacial score (nSPS) is 13.7. The summed E-state index contributed by atoms with van der Waals surface area (Å²) in [4.78, 5) is 38.7. The van der Waals surface area contributed by atoms with Gasteiger partial charge in [-0.05, 0) is 67.8 Å². The molecule has 0 spiro atoms. The lowest BCUT2D eigenvalue weighted by Gasteiger charge is -2.18. The fourth-order valence-electron chi connectivity index (χ4n) is 3.81. The Kier molecular flexibility index (Phi) is 5.32. The smallest absolute Gasteiger partial charge is 0.282 e. The van der Waals surface area contributed by atoms with E-state index in [1.165, 1.54) is 24.3 Å². The highest BCUT2D eigenvalue weighted by molar-refractivity contribution is 6.46. The van der Waals surface area contributed by atoms with Crippen molar-refractivity contribution in [2.45, 2.75) is 20.8 Å². The molecule has 0 unspecified atom stereocenters. The number of amides is 2. The van der Waals surface area contributed by atoms with Crippen molar-refractivity contribution in [2.24, 2.45) is 0 Å². The molecule has 3 aromatic rings. The quantitative estimate of drug-likeness (QED) is 0.355. The van der Waals surface area contributed by atoms with E-state index >= 15 is 0 Å². The van der Waals surface area contributed by atoms with E-state index < -0.39 is 16.7 Å². The highest BCUT2D eigenvalue weighted by Crippen LogP contribution is 2.35. The van der Waals surface area contributed by atoms with Gasteiger partial charge in [-0.3, -0.25) is 19.7 Å². The number of hydrogen-bond acceptors (Lipinski definition) is 5. The van der Waals surface area contributed by atoms with Gasteiger partial charge in [0.15, 0.2) is 0 Å². The maximum atomic E-state index is 13.5. The largest absolute Gasteiger partial charge is 0.350 e. The average molecular weight is 427 g/mol. The summed E-state index contributed by atoms with van der Waals surface area (Å²) >= 11 is 0. The van der Waals surface area contributed by atoms with Crippen LogP contribution in [-0.2, 0) is 9.59 Å². The topological polar surface area (TPSA) is 92.6 Å². The molecular formula is C25H21N3O4. The number of rotatable bonds is 5. The fourth-order valence-corrected chi connectivity index (χ4v) is 3.81. The lowest BCUT2D eigenvalue weighted by molar-refractivity contribution is -0.384. The van der Waals surface area contributed by atoms with Gasteiger partial charge >= 0.3 is 0 Å². The molecule has 0 saturated carbocycles. The average Bonchev–Trinajstić information content (AvgIpc) is 2.98. The van der Waals surface area contributed by atoms with Crippen LogP contribution in [0.4, 0.5) is 17.1 Å². The summed E-state index contributed by atoms with van der Waals surface area (Å²) in [6, 6.07) is 18.6. The molecule has 160 valence electrons. The maximum absolute atomic E-state index is 13.5. The number of anilines is 2. The fraction of sp³-hybridized carbons (Fsp3) is 0.120. The number of non-ortho nitro benzene ring substituents is 1. The Bertz CT molecular complexity index is 1290. The van der Waals surface area contributed by atoms with Crippen LogP contribution in [0.15, 0.2) is 72.4 Å². The molecule has 0 radical (unpaired) electrons. The first-order chi connectivity index (χ1) is 15.3. The lowest BCUT2D eigenvalue weighted by atomic mass is 10.0. The molecule has 0 fully saturated rings. The van der Waals surface area contributed by atoms with E-state index in [9.17, 15) is 19.7 Å².